The van der Waals surface area contributed by atoms with Crippen molar-refractivity contribution in [3.05, 3.63) is 235 Å². The van der Waals surface area contributed by atoms with Gasteiger partial charge in [0.25, 0.3) is 0 Å². The molecule has 13 heteroatoms. The first-order chi connectivity index (χ1) is 33.6. The van der Waals surface area contributed by atoms with E-state index in [1.54, 1.807) is 36.4 Å². The van der Waals surface area contributed by atoms with Crippen molar-refractivity contribution in [2.75, 3.05) is 14.2 Å². The summed E-state index contributed by atoms with van der Waals surface area (Å²) in [6.07, 6.45) is 0. The van der Waals surface area contributed by atoms with Gasteiger partial charge in [-0.1, -0.05) is 127 Å². The van der Waals surface area contributed by atoms with Crippen LogP contribution in [0.25, 0.3) is 33.4 Å². The molecule has 69 heavy (non-hydrogen) atoms. The molecule has 0 aliphatic rings. The highest BCUT2D eigenvalue weighted by Crippen LogP contribution is 2.25. The van der Waals surface area contributed by atoms with Gasteiger partial charge in [-0.15, -0.1) is 11.6 Å². The van der Waals surface area contributed by atoms with Crippen molar-refractivity contribution >= 4 is 29.5 Å². The highest BCUT2D eigenvalue weighted by atomic mass is 35.5. The molecule has 0 spiro atoms. The summed E-state index contributed by atoms with van der Waals surface area (Å²) in [5.41, 5.74) is 6.84. The quantitative estimate of drug-likeness (QED) is 0.0830. The number of ether oxygens (including phenoxy) is 4. The van der Waals surface area contributed by atoms with Crippen molar-refractivity contribution in [2.24, 2.45) is 0 Å². The molecule has 3 heterocycles. The largest absolute Gasteiger partial charge is 0.508 e. The predicted octanol–water partition coefficient (Wildman–Crippen LogP) is 13.4. The van der Waals surface area contributed by atoms with Crippen molar-refractivity contribution in [2.45, 2.75) is 19.1 Å². The number of carbonyl (C=O) groups is 3. The zero-order valence-corrected chi connectivity index (χ0v) is 38.3. The number of rotatable bonds is 13. The molecule has 0 fully saturated rings. The van der Waals surface area contributed by atoms with E-state index in [0.717, 1.165) is 33.6 Å². The van der Waals surface area contributed by atoms with Crippen molar-refractivity contribution < 1.29 is 56.8 Å². The Balaban J connectivity index is 0.000000158. The zero-order valence-electron chi connectivity index (χ0n) is 37.5. The Labute approximate surface area is 403 Å². The van der Waals surface area contributed by atoms with Gasteiger partial charge in [-0.05, 0) is 106 Å². The number of alkyl halides is 1. The van der Waals surface area contributed by atoms with Gasteiger partial charge >= 0.3 is 17.9 Å². The normalized spacial score (nSPS) is 10.1. The fraction of sp³-hybridized carbons (Fsp3) is 0.0893. The van der Waals surface area contributed by atoms with Crippen LogP contribution in [0.3, 0.4) is 0 Å². The third-order valence-corrected chi connectivity index (χ3v) is 10.0. The molecule has 12 nitrogen and oxygen atoms in total. The second kappa shape index (κ2) is 25.8. The maximum atomic E-state index is 11.3. The van der Waals surface area contributed by atoms with Gasteiger partial charge in [-0.2, -0.15) is 0 Å². The minimum Gasteiger partial charge on any atom is -0.508 e. The summed E-state index contributed by atoms with van der Waals surface area (Å²) in [5.74, 6) is 1.81. The summed E-state index contributed by atoms with van der Waals surface area (Å²) in [4.78, 5) is 32.8. The van der Waals surface area contributed by atoms with Gasteiger partial charge in [-0.25, -0.2) is 14.4 Å². The topological polar surface area (TPSA) is 168 Å². The Kier molecular flexibility index (Phi) is 18.6. The molecule has 0 saturated heterocycles. The average Bonchev–Trinajstić information content (AvgIpc) is 4.22. The summed E-state index contributed by atoms with van der Waals surface area (Å²) in [6.45, 7) is 0.444. The lowest BCUT2D eigenvalue weighted by Crippen LogP contribution is -1.99. The molecule has 0 aliphatic heterocycles. The van der Waals surface area contributed by atoms with E-state index in [-0.39, 0.29) is 36.4 Å². The van der Waals surface area contributed by atoms with Crippen molar-refractivity contribution in [3.63, 3.8) is 0 Å². The molecule has 0 radical (unpaired) electrons. The number of phenols is 1. The van der Waals surface area contributed by atoms with Crippen molar-refractivity contribution in [1.82, 2.24) is 0 Å². The van der Waals surface area contributed by atoms with Crippen LogP contribution in [0.15, 0.2) is 213 Å². The number of carbonyl (C=O) groups excluding carboxylic acids is 2. The molecule has 9 aromatic rings. The van der Waals surface area contributed by atoms with E-state index in [9.17, 15) is 14.4 Å². The predicted molar refractivity (Wildman–Crippen MR) is 261 cm³/mol. The first-order valence-electron chi connectivity index (χ1n) is 21.3. The summed E-state index contributed by atoms with van der Waals surface area (Å²) >= 11 is 5.44. The van der Waals surface area contributed by atoms with Crippen LogP contribution in [-0.2, 0) is 28.6 Å². The maximum Gasteiger partial charge on any atom is 0.373 e. The number of aromatic carboxylic acids is 1. The smallest absolute Gasteiger partial charge is 0.373 e. The van der Waals surface area contributed by atoms with E-state index in [4.69, 9.17) is 44.5 Å². The fourth-order valence-corrected chi connectivity index (χ4v) is 6.38. The van der Waals surface area contributed by atoms with E-state index in [1.807, 2.05) is 140 Å². The lowest BCUT2D eigenvalue weighted by atomic mass is 10.1. The molecule has 0 saturated carbocycles. The summed E-state index contributed by atoms with van der Waals surface area (Å²) in [6, 6.07) is 62.5. The Morgan fingerprint density at radius 1 is 0.420 bits per heavy atom. The second-order valence-corrected chi connectivity index (χ2v) is 14.8. The molecular weight excluding hydrogens is 900 g/mol. The number of halogens is 1. The van der Waals surface area contributed by atoms with Crippen molar-refractivity contribution in [3.8, 4) is 50.6 Å². The minimum atomic E-state index is -1.08. The van der Waals surface area contributed by atoms with Gasteiger partial charge in [-0.3, -0.25) is 0 Å². The first-order valence-corrected chi connectivity index (χ1v) is 21.8. The Bertz CT molecular complexity index is 2940. The van der Waals surface area contributed by atoms with Gasteiger partial charge in [0, 0.05) is 0 Å². The third-order valence-electron chi connectivity index (χ3n) is 9.76. The molecule has 6 aromatic carbocycles. The van der Waals surface area contributed by atoms with Crippen LogP contribution in [0.5, 0.6) is 17.2 Å². The van der Waals surface area contributed by atoms with E-state index in [1.165, 1.54) is 31.9 Å². The number of hydrogen-bond donors (Lipinski definition) is 2. The second-order valence-electron chi connectivity index (χ2n) is 14.5. The SMILES string of the molecule is COC(=O)c1ccc(CCl)o1.COC(=O)c1ccc(COc2ccc(-c3ccccc3)cc2)o1.O=C(O)c1ccc(COc2ccc(-c3ccccc3)cc2)o1.Oc1ccc(-c2ccccc2)cc1. The molecule has 350 valence electrons. The maximum absolute atomic E-state index is 11.3. The number of benzene rings is 6. The van der Waals surface area contributed by atoms with E-state index in [2.05, 4.69) is 21.6 Å². The highest BCUT2D eigenvalue weighted by Gasteiger charge is 2.13. The molecule has 2 N–H and O–H groups in total. The lowest BCUT2D eigenvalue weighted by Gasteiger charge is -2.06. The number of phenolic OH excluding ortho intramolecular Hbond substituents is 1. The van der Waals surface area contributed by atoms with Gasteiger partial charge in [0.2, 0.25) is 17.3 Å². The number of carboxylic acids is 1. The Morgan fingerprint density at radius 3 is 1.07 bits per heavy atom. The molecule has 0 bridgehead atoms. The highest BCUT2D eigenvalue weighted by molar-refractivity contribution is 6.16. The van der Waals surface area contributed by atoms with Crippen LogP contribution in [-0.4, -0.2) is 42.3 Å². The van der Waals surface area contributed by atoms with Crippen LogP contribution < -0.4 is 9.47 Å². The molecule has 9 rings (SSSR count). The standard InChI is InChI=1S/C19H16O4.C18H14O4.C12H10O.C7H7ClO3/c1-21-19(20)18-12-11-17(23-18)13-22-16-9-7-15(8-10-16)14-5-3-2-4-6-14;19-18(20)17-11-10-16(22-17)12-21-15-8-6-14(7-9-15)13-4-2-1-3-5-13;13-12-8-6-11(7-9-12)10-4-2-1-3-5-10;1-10-7(9)6-3-2-5(4-8)11-6/h2-12H,13H2,1H3;1-11H,12H2,(H,19,20);1-9,13H;2-3H,4H2,1H3. The van der Waals surface area contributed by atoms with Crippen LogP contribution in [0, 0.1) is 0 Å². The summed E-state index contributed by atoms with van der Waals surface area (Å²) in [5, 5.41) is 17.9. The zero-order chi connectivity index (χ0) is 48.8. The number of furan rings is 3. The van der Waals surface area contributed by atoms with Gasteiger partial charge in [0.1, 0.15) is 47.7 Å². The van der Waals surface area contributed by atoms with E-state index < -0.39 is 17.9 Å². The molecule has 0 amide bonds. The molecule has 3 aromatic heterocycles. The van der Waals surface area contributed by atoms with Gasteiger partial charge in [0.05, 0.1) is 20.1 Å². The molecule has 0 unspecified atom stereocenters. The number of carboxylic acid groups (broad SMARTS) is 1. The molecular formula is C56H47ClO12. The third kappa shape index (κ3) is 15.4. The summed E-state index contributed by atoms with van der Waals surface area (Å²) in [7, 11) is 2.61. The van der Waals surface area contributed by atoms with Crippen LogP contribution in [0.1, 0.15) is 48.9 Å². The van der Waals surface area contributed by atoms with Gasteiger partial charge < -0.3 is 42.4 Å². The van der Waals surface area contributed by atoms with E-state index >= 15 is 0 Å². The summed E-state index contributed by atoms with van der Waals surface area (Å²) < 4.78 is 35.7. The number of aromatic hydroxyl groups is 1. The van der Waals surface area contributed by atoms with Crippen LogP contribution >= 0.6 is 11.6 Å². The number of esters is 2. The number of hydrogen-bond acceptors (Lipinski definition) is 11. The average molecular weight is 947 g/mol. The van der Waals surface area contributed by atoms with Crippen LogP contribution in [0.2, 0.25) is 0 Å². The number of methoxy groups -OCH3 is 2. The molecule has 0 aliphatic carbocycles. The molecule has 0 atom stereocenters. The first kappa shape index (κ1) is 49.7. The Morgan fingerprint density at radius 2 is 0.739 bits per heavy atom. The monoisotopic (exact) mass is 946 g/mol. The Hall–Kier alpha value is -8.74. The fourth-order valence-electron chi connectivity index (χ4n) is 6.24. The minimum absolute atomic E-state index is 0.0852. The van der Waals surface area contributed by atoms with Crippen molar-refractivity contribution in [1.29, 1.82) is 0 Å². The van der Waals surface area contributed by atoms with Crippen LogP contribution in [0.4, 0.5) is 0 Å². The lowest BCUT2D eigenvalue weighted by molar-refractivity contribution is 0.0554. The van der Waals surface area contributed by atoms with Gasteiger partial charge in [0.15, 0.2) is 0 Å². The van der Waals surface area contributed by atoms with E-state index in [0.29, 0.717) is 28.8 Å².